The van der Waals surface area contributed by atoms with Crippen LogP contribution in [0.5, 0.6) is 0 Å². The van der Waals surface area contributed by atoms with Crippen LogP contribution in [0.4, 0.5) is 0 Å². The number of rotatable bonds is 2. The third kappa shape index (κ3) is 2.22. The number of benzene rings is 1. The number of hydrogen-bond acceptors (Lipinski definition) is 1. The Balaban J connectivity index is 2.86. The van der Waals surface area contributed by atoms with Gasteiger partial charge in [-0.2, -0.15) is 0 Å². The number of hydrogen-bond donors (Lipinski definition) is 1. The minimum atomic E-state index is 0.472. The molecule has 1 aromatic rings. The van der Waals surface area contributed by atoms with Crippen molar-refractivity contribution in [1.82, 2.24) is 0 Å². The van der Waals surface area contributed by atoms with Crippen LogP contribution in [0.25, 0.3) is 0 Å². The van der Waals surface area contributed by atoms with E-state index in [4.69, 9.17) is 13.2 Å². The van der Waals surface area contributed by atoms with Crippen molar-refractivity contribution in [1.29, 1.82) is 0 Å². The second-order valence-corrected chi connectivity index (χ2v) is 2.68. The van der Waals surface area contributed by atoms with Gasteiger partial charge in [-0.25, -0.2) is 0 Å². The SMILES string of the molecule is [B]=C(N)Cc1ccccc1C. The van der Waals surface area contributed by atoms with E-state index in [-0.39, 0.29) is 0 Å². The molecule has 0 aliphatic heterocycles. The summed E-state index contributed by atoms with van der Waals surface area (Å²) in [5.74, 6) is 0. The van der Waals surface area contributed by atoms with Crippen molar-refractivity contribution in [3.8, 4) is 0 Å². The van der Waals surface area contributed by atoms with Gasteiger partial charge >= 0.3 is 67.5 Å². The summed E-state index contributed by atoms with van der Waals surface area (Å²) >= 11 is 0. The molecule has 0 aromatic heterocycles. The van der Waals surface area contributed by atoms with Gasteiger partial charge < -0.3 is 0 Å². The maximum atomic E-state index is 5.39. The molecule has 1 nitrogen and oxygen atoms in total. The predicted molar refractivity (Wildman–Crippen MR) is 49.8 cm³/mol. The molecule has 0 saturated carbocycles. The van der Waals surface area contributed by atoms with Gasteiger partial charge in [-0.05, 0) is 0 Å². The molecule has 0 saturated heterocycles. The predicted octanol–water partition coefficient (Wildman–Crippen LogP) is 0.795. The monoisotopic (exact) mass is 144 g/mol. The minimum absolute atomic E-state index is 0.472. The molecule has 0 heterocycles. The van der Waals surface area contributed by atoms with E-state index < -0.39 is 0 Å². The molecule has 0 aliphatic carbocycles. The Labute approximate surface area is 68.3 Å². The van der Waals surface area contributed by atoms with Crippen LogP contribution in [-0.4, -0.2) is 13.1 Å². The van der Waals surface area contributed by atoms with Crippen molar-refractivity contribution in [2.45, 2.75) is 13.3 Å². The van der Waals surface area contributed by atoms with Gasteiger partial charge in [-0.15, -0.1) is 0 Å². The quantitative estimate of drug-likeness (QED) is 0.610. The second kappa shape index (κ2) is 3.38. The zero-order valence-corrected chi connectivity index (χ0v) is 6.67. The van der Waals surface area contributed by atoms with E-state index in [0.717, 1.165) is 0 Å². The van der Waals surface area contributed by atoms with E-state index in [1.165, 1.54) is 11.1 Å². The summed E-state index contributed by atoms with van der Waals surface area (Å²) < 4.78 is 0. The fraction of sp³-hybridized carbons (Fsp3) is 0.222. The molecule has 0 spiro atoms. The molecule has 0 bridgehead atoms. The Kier molecular flexibility index (Phi) is 2.47. The van der Waals surface area contributed by atoms with Gasteiger partial charge in [0.05, 0.1) is 0 Å². The normalized spacial score (nSPS) is 9.45. The van der Waals surface area contributed by atoms with Gasteiger partial charge in [0.2, 0.25) is 0 Å². The molecule has 0 aliphatic rings. The molecule has 0 fully saturated rings. The van der Waals surface area contributed by atoms with E-state index in [1.54, 1.807) is 0 Å². The van der Waals surface area contributed by atoms with E-state index in [0.29, 0.717) is 12.0 Å². The fourth-order valence-electron chi connectivity index (χ4n) is 1.03. The van der Waals surface area contributed by atoms with Crippen LogP contribution in [0.2, 0.25) is 0 Å². The Bertz CT molecular complexity index is 268. The van der Waals surface area contributed by atoms with Crippen LogP contribution in [0.1, 0.15) is 11.1 Å². The molecule has 1 radical (unpaired) electrons. The third-order valence-electron chi connectivity index (χ3n) is 1.66. The first kappa shape index (κ1) is 8.06. The topological polar surface area (TPSA) is 26.0 Å². The molecule has 2 heteroatoms. The van der Waals surface area contributed by atoms with Crippen LogP contribution in [0.15, 0.2) is 24.3 Å². The molecule has 2 N–H and O–H groups in total. The van der Waals surface area contributed by atoms with E-state index in [2.05, 4.69) is 13.0 Å². The van der Waals surface area contributed by atoms with Crippen LogP contribution in [0.3, 0.4) is 0 Å². The number of nitrogens with two attached hydrogens (primary N) is 1. The van der Waals surface area contributed by atoms with Crippen LogP contribution in [0, 0.1) is 6.92 Å². The molecule has 1 aromatic carbocycles. The van der Waals surface area contributed by atoms with E-state index in [1.807, 2.05) is 18.2 Å². The first-order valence-electron chi connectivity index (χ1n) is 3.61. The Morgan fingerprint density at radius 1 is 1.45 bits per heavy atom. The standard InChI is InChI=1S/C9H11BN/c1-7-4-2-3-5-8(7)6-9(10)11/h2-5H,6,11H2,1H3. The molecular formula is C9H11BN. The fourth-order valence-corrected chi connectivity index (χ4v) is 1.03. The van der Waals surface area contributed by atoms with Gasteiger partial charge in [0.1, 0.15) is 0 Å². The Morgan fingerprint density at radius 2 is 2.09 bits per heavy atom. The van der Waals surface area contributed by atoms with Gasteiger partial charge in [0, 0.05) is 0 Å². The first-order valence-corrected chi connectivity index (χ1v) is 3.61. The molecular weight excluding hydrogens is 133 g/mol. The third-order valence-corrected chi connectivity index (χ3v) is 1.66. The Hall–Kier alpha value is -1.05. The summed E-state index contributed by atoms with van der Waals surface area (Å²) in [5.41, 5.74) is 8.30. The zero-order chi connectivity index (χ0) is 8.27. The molecule has 11 heavy (non-hydrogen) atoms. The van der Waals surface area contributed by atoms with Crippen LogP contribution in [-0.2, 0) is 6.42 Å². The molecule has 1 rings (SSSR count). The average molecular weight is 144 g/mol. The van der Waals surface area contributed by atoms with Gasteiger partial charge in [-0.3, -0.25) is 0 Å². The Morgan fingerprint density at radius 3 is 2.64 bits per heavy atom. The van der Waals surface area contributed by atoms with E-state index in [9.17, 15) is 0 Å². The van der Waals surface area contributed by atoms with Gasteiger partial charge in [-0.1, -0.05) is 0 Å². The molecule has 0 amide bonds. The van der Waals surface area contributed by atoms with Crippen molar-refractivity contribution >= 4 is 13.1 Å². The van der Waals surface area contributed by atoms with Crippen molar-refractivity contribution in [3.05, 3.63) is 35.4 Å². The summed E-state index contributed by atoms with van der Waals surface area (Å²) in [6.45, 7) is 2.05. The van der Waals surface area contributed by atoms with Crippen molar-refractivity contribution in [2.24, 2.45) is 5.73 Å². The maximum absolute atomic E-state index is 5.39. The summed E-state index contributed by atoms with van der Waals surface area (Å²) in [6.07, 6.45) is 0.673. The van der Waals surface area contributed by atoms with E-state index >= 15 is 0 Å². The summed E-state index contributed by atoms with van der Waals surface area (Å²) in [7, 11) is 5.39. The first-order chi connectivity index (χ1) is 5.20. The van der Waals surface area contributed by atoms with Crippen LogP contribution >= 0.6 is 0 Å². The van der Waals surface area contributed by atoms with Crippen molar-refractivity contribution < 1.29 is 0 Å². The summed E-state index contributed by atoms with van der Waals surface area (Å²) in [6, 6.07) is 8.09. The molecule has 55 valence electrons. The van der Waals surface area contributed by atoms with Gasteiger partial charge in [0.15, 0.2) is 0 Å². The van der Waals surface area contributed by atoms with Crippen molar-refractivity contribution in [3.63, 3.8) is 0 Å². The van der Waals surface area contributed by atoms with Gasteiger partial charge in [0.25, 0.3) is 0 Å². The summed E-state index contributed by atoms with van der Waals surface area (Å²) in [5, 5.41) is 0. The number of aryl methyl sites for hydroxylation is 1. The second-order valence-electron chi connectivity index (χ2n) is 2.68. The molecule has 0 unspecified atom stereocenters. The molecule has 0 atom stereocenters. The zero-order valence-electron chi connectivity index (χ0n) is 6.67. The average Bonchev–Trinajstić information content (AvgIpc) is 1.93. The van der Waals surface area contributed by atoms with Crippen molar-refractivity contribution in [2.75, 3.05) is 0 Å². The summed E-state index contributed by atoms with van der Waals surface area (Å²) in [4.78, 5) is 0. The van der Waals surface area contributed by atoms with Crippen LogP contribution < -0.4 is 5.73 Å².